The third-order valence-electron chi connectivity index (χ3n) is 5.75. The minimum absolute atomic E-state index is 0.197. The van der Waals surface area contributed by atoms with Crippen LogP contribution in [0.25, 0.3) is 0 Å². The fourth-order valence-corrected chi connectivity index (χ4v) is 4.69. The number of hydrazone groups is 1. The molecule has 4 aromatic rings. The summed E-state index contributed by atoms with van der Waals surface area (Å²) < 4.78 is 25.8. The van der Waals surface area contributed by atoms with Crippen molar-refractivity contribution in [3.8, 4) is 11.5 Å². The molecule has 2 N–H and O–H groups in total. The number of halogens is 3. The summed E-state index contributed by atoms with van der Waals surface area (Å²) in [6.07, 6.45) is 1.43. The number of nitrogens with zero attached hydrogens (tertiary/aromatic N) is 1. The Morgan fingerprint density at radius 3 is 2.11 bits per heavy atom. The number of methoxy groups -OCH3 is 1. The Hall–Kier alpha value is -3.53. The van der Waals surface area contributed by atoms with Crippen molar-refractivity contribution in [1.82, 2.24) is 5.43 Å². The zero-order valence-electron chi connectivity index (χ0n) is 20.2. The molecule has 0 atom stereocenters. The Balaban J connectivity index is 1.56. The Kier molecular flexibility index (Phi) is 8.93. The molecule has 0 heterocycles. The van der Waals surface area contributed by atoms with E-state index in [2.05, 4.69) is 42.4 Å². The lowest BCUT2D eigenvalue weighted by Gasteiger charge is -2.27. The van der Waals surface area contributed by atoms with E-state index in [1.807, 2.05) is 0 Å². The second kappa shape index (κ2) is 12.3. The van der Waals surface area contributed by atoms with Crippen LogP contribution in [0, 0.1) is 5.82 Å². The van der Waals surface area contributed by atoms with Gasteiger partial charge in [-0.1, -0.05) is 72.8 Å². The third-order valence-corrected chi connectivity index (χ3v) is 7.90. The normalized spacial score (nSPS) is 11.4. The Morgan fingerprint density at radius 1 is 0.974 bits per heavy atom. The summed E-state index contributed by atoms with van der Waals surface area (Å²) in [7, 11) is 1.50. The van der Waals surface area contributed by atoms with E-state index in [0.717, 1.165) is 5.56 Å². The number of benzene rings is 4. The topological polar surface area (TPSA) is 80.2 Å². The molecule has 0 saturated heterocycles. The van der Waals surface area contributed by atoms with Crippen molar-refractivity contribution >= 4 is 44.0 Å². The third kappa shape index (κ3) is 5.96. The van der Waals surface area contributed by atoms with Gasteiger partial charge in [0, 0.05) is 10.0 Å². The van der Waals surface area contributed by atoms with Crippen molar-refractivity contribution in [1.29, 1.82) is 0 Å². The van der Waals surface area contributed by atoms with Gasteiger partial charge in [0.25, 0.3) is 5.91 Å². The highest BCUT2D eigenvalue weighted by atomic mass is 79.9. The summed E-state index contributed by atoms with van der Waals surface area (Å²) >= 11 is 7.05. The number of hydrogen-bond acceptors (Lipinski definition) is 5. The summed E-state index contributed by atoms with van der Waals surface area (Å²) in [6.45, 7) is 0.197. The fraction of sp³-hybridized carbons (Fsp3) is 0.103. The molecule has 0 fully saturated rings. The molecule has 194 valence electrons. The number of aliphatic hydroxyl groups is 1. The highest BCUT2D eigenvalue weighted by Crippen LogP contribution is 2.42. The van der Waals surface area contributed by atoms with Crippen molar-refractivity contribution in [2.75, 3.05) is 7.11 Å². The number of carbonyl (C=O) groups is 1. The van der Waals surface area contributed by atoms with E-state index in [1.54, 1.807) is 78.9 Å². The molecule has 0 aliphatic rings. The molecule has 0 aliphatic heterocycles. The van der Waals surface area contributed by atoms with Crippen LogP contribution in [-0.4, -0.2) is 24.3 Å². The molecule has 0 saturated carbocycles. The van der Waals surface area contributed by atoms with E-state index in [-0.39, 0.29) is 12.4 Å². The monoisotopic (exact) mass is 640 g/mol. The van der Waals surface area contributed by atoms with Gasteiger partial charge in [-0.3, -0.25) is 4.79 Å². The van der Waals surface area contributed by atoms with Gasteiger partial charge in [0.05, 0.1) is 17.8 Å². The summed E-state index contributed by atoms with van der Waals surface area (Å²) in [5.41, 5.74) is 2.69. The first-order valence-corrected chi connectivity index (χ1v) is 13.0. The summed E-state index contributed by atoms with van der Waals surface area (Å²) in [5.74, 6) is -0.183. The van der Waals surface area contributed by atoms with Gasteiger partial charge < -0.3 is 14.6 Å². The zero-order valence-corrected chi connectivity index (χ0v) is 23.4. The average Bonchev–Trinajstić information content (AvgIpc) is 2.96. The second-order valence-corrected chi connectivity index (χ2v) is 9.77. The lowest BCUT2D eigenvalue weighted by molar-refractivity contribution is -0.136. The van der Waals surface area contributed by atoms with E-state index in [1.165, 1.54) is 25.5 Å². The molecule has 1 amide bonds. The van der Waals surface area contributed by atoms with E-state index in [4.69, 9.17) is 9.47 Å². The summed E-state index contributed by atoms with van der Waals surface area (Å²) in [5, 5.41) is 15.6. The van der Waals surface area contributed by atoms with E-state index in [0.29, 0.717) is 37.1 Å². The number of nitrogens with one attached hydrogen (secondary N) is 1. The molecule has 0 aliphatic carbocycles. The maximum Gasteiger partial charge on any atom is 0.281 e. The Bertz CT molecular complexity index is 1390. The Labute approximate surface area is 236 Å². The maximum atomic E-state index is 13.3. The van der Waals surface area contributed by atoms with Gasteiger partial charge in [-0.25, -0.2) is 9.82 Å². The molecule has 0 unspecified atom stereocenters. The lowest BCUT2D eigenvalue weighted by atomic mass is 9.85. The average molecular weight is 642 g/mol. The van der Waals surface area contributed by atoms with Crippen LogP contribution < -0.4 is 14.9 Å². The molecular formula is C29H23Br2FN2O4. The number of carbonyl (C=O) groups excluding carboxylic acids is 1. The fourth-order valence-electron chi connectivity index (χ4n) is 3.75. The molecule has 0 bridgehead atoms. The van der Waals surface area contributed by atoms with Crippen LogP contribution in [-0.2, 0) is 17.0 Å². The molecule has 4 rings (SSSR count). The van der Waals surface area contributed by atoms with Gasteiger partial charge in [-0.05, 0) is 66.7 Å². The Morgan fingerprint density at radius 2 is 1.55 bits per heavy atom. The molecule has 0 spiro atoms. The maximum absolute atomic E-state index is 13.3. The van der Waals surface area contributed by atoms with Crippen LogP contribution in [0.2, 0.25) is 0 Å². The van der Waals surface area contributed by atoms with E-state index in [9.17, 15) is 14.3 Å². The van der Waals surface area contributed by atoms with E-state index >= 15 is 0 Å². The van der Waals surface area contributed by atoms with Gasteiger partial charge in [-0.2, -0.15) is 5.10 Å². The SMILES string of the molecule is COc1cc(C=NNC(=O)C(O)(c2ccccc2)c2ccccc2)c(Br)c(Br)c1OCc1ccc(F)cc1. The number of amides is 1. The molecule has 4 aromatic carbocycles. The van der Waals surface area contributed by atoms with Crippen LogP contribution >= 0.6 is 31.9 Å². The van der Waals surface area contributed by atoms with Crippen molar-refractivity contribution in [3.05, 3.63) is 128 Å². The highest BCUT2D eigenvalue weighted by Gasteiger charge is 2.39. The highest BCUT2D eigenvalue weighted by molar-refractivity contribution is 9.13. The van der Waals surface area contributed by atoms with Crippen LogP contribution in [0.5, 0.6) is 11.5 Å². The van der Waals surface area contributed by atoms with E-state index < -0.39 is 11.5 Å². The van der Waals surface area contributed by atoms with Crippen molar-refractivity contribution in [2.24, 2.45) is 5.10 Å². The predicted octanol–water partition coefficient (Wildman–Crippen LogP) is 6.32. The molecule has 0 radical (unpaired) electrons. The second-order valence-electron chi connectivity index (χ2n) is 8.18. The summed E-state index contributed by atoms with van der Waals surface area (Å²) in [6, 6.07) is 25.0. The van der Waals surface area contributed by atoms with Crippen LogP contribution in [0.15, 0.2) is 105 Å². The molecule has 6 nitrogen and oxygen atoms in total. The first-order chi connectivity index (χ1) is 18.3. The lowest BCUT2D eigenvalue weighted by Crippen LogP contribution is -2.43. The quantitative estimate of drug-likeness (QED) is 0.166. The first-order valence-electron chi connectivity index (χ1n) is 11.4. The minimum atomic E-state index is -1.95. The number of rotatable bonds is 9. The van der Waals surface area contributed by atoms with Gasteiger partial charge in [0.1, 0.15) is 12.4 Å². The molecular weight excluding hydrogens is 619 g/mol. The zero-order chi connectivity index (χ0) is 27.1. The van der Waals surface area contributed by atoms with Crippen LogP contribution in [0.3, 0.4) is 0 Å². The largest absolute Gasteiger partial charge is 0.493 e. The van der Waals surface area contributed by atoms with Crippen LogP contribution in [0.4, 0.5) is 4.39 Å². The molecule has 38 heavy (non-hydrogen) atoms. The van der Waals surface area contributed by atoms with Gasteiger partial charge in [-0.15, -0.1) is 0 Å². The predicted molar refractivity (Wildman–Crippen MR) is 151 cm³/mol. The molecule has 0 aromatic heterocycles. The summed E-state index contributed by atoms with van der Waals surface area (Å²) in [4.78, 5) is 13.3. The number of hydrogen-bond donors (Lipinski definition) is 2. The standard InChI is InChI=1S/C29H23Br2FN2O4/c1-37-24-16-20(25(30)26(31)27(24)38-18-19-12-14-23(32)15-13-19)17-33-34-28(35)29(36,21-8-4-2-5-9-21)22-10-6-3-7-11-22/h2-17,36H,18H2,1H3,(H,34,35). The smallest absolute Gasteiger partial charge is 0.281 e. The van der Waals surface area contributed by atoms with Crippen LogP contribution in [0.1, 0.15) is 22.3 Å². The van der Waals surface area contributed by atoms with Crippen molar-refractivity contribution in [2.45, 2.75) is 12.2 Å². The van der Waals surface area contributed by atoms with Gasteiger partial charge in [0.2, 0.25) is 0 Å². The molecule has 9 heteroatoms. The minimum Gasteiger partial charge on any atom is -0.493 e. The number of ether oxygens (including phenoxy) is 2. The van der Waals surface area contributed by atoms with Crippen molar-refractivity contribution < 1.29 is 23.8 Å². The van der Waals surface area contributed by atoms with Crippen molar-refractivity contribution in [3.63, 3.8) is 0 Å². The van der Waals surface area contributed by atoms with Gasteiger partial charge >= 0.3 is 0 Å². The van der Waals surface area contributed by atoms with Gasteiger partial charge in [0.15, 0.2) is 17.1 Å². The first kappa shape index (κ1) is 27.5.